The van der Waals surface area contributed by atoms with Crippen molar-refractivity contribution in [1.29, 1.82) is 0 Å². The van der Waals surface area contributed by atoms with Gasteiger partial charge in [-0.2, -0.15) is 0 Å². The predicted octanol–water partition coefficient (Wildman–Crippen LogP) is 2.34. The Morgan fingerprint density at radius 3 is 2.85 bits per heavy atom. The van der Waals surface area contributed by atoms with Gasteiger partial charge in [-0.1, -0.05) is 26.7 Å². The highest BCUT2D eigenvalue weighted by Crippen LogP contribution is 2.23. The van der Waals surface area contributed by atoms with Crippen LogP contribution in [0.1, 0.15) is 26.5 Å². The molecule has 1 amide bonds. The van der Waals surface area contributed by atoms with Crippen molar-refractivity contribution in [2.75, 3.05) is 11.9 Å². The van der Waals surface area contributed by atoms with Gasteiger partial charge in [-0.05, 0) is 36.0 Å². The topological polar surface area (TPSA) is 92.9 Å². The van der Waals surface area contributed by atoms with Crippen LogP contribution >= 0.6 is 0 Å². The molecule has 0 atom stereocenters. The minimum atomic E-state index is -0.485. The number of benzene rings is 1. The minimum Gasteiger partial charge on any atom is -0.384 e. The van der Waals surface area contributed by atoms with Gasteiger partial charge in [0.1, 0.15) is 12.9 Å². The van der Waals surface area contributed by atoms with Gasteiger partial charge >= 0.3 is 0 Å². The number of rotatable bonds is 3. The Hall–Kier alpha value is -3.24. The summed E-state index contributed by atoms with van der Waals surface area (Å²) in [5.41, 5.74) is 3.17. The lowest BCUT2D eigenvalue weighted by Crippen LogP contribution is -2.12. The van der Waals surface area contributed by atoms with Crippen LogP contribution in [0.5, 0.6) is 0 Å². The highest BCUT2D eigenvalue weighted by molar-refractivity contribution is 6.04. The SMILES string of the molecule is CC(C)(C)Cc1cncc(-n2cnc3ccc(NC(=O)C#CCO)cc32)n1. The summed E-state index contributed by atoms with van der Waals surface area (Å²) in [7, 11) is 0. The molecular formula is C20H21N5O2. The van der Waals surface area contributed by atoms with E-state index in [0.29, 0.717) is 11.5 Å². The quantitative estimate of drug-likeness (QED) is 0.697. The molecule has 7 nitrogen and oxygen atoms in total. The van der Waals surface area contributed by atoms with Crippen molar-refractivity contribution in [3.05, 3.63) is 42.6 Å². The fraction of sp³-hybridized carbons (Fsp3) is 0.300. The van der Waals surface area contributed by atoms with E-state index in [0.717, 1.165) is 23.1 Å². The largest absolute Gasteiger partial charge is 0.384 e. The molecular weight excluding hydrogens is 342 g/mol. The summed E-state index contributed by atoms with van der Waals surface area (Å²) in [5, 5.41) is 11.4. The summed E-state index contributed by atoms with van der Waals surface area (Å²) >= 11 is 0. The zero-order valence-electron chi connectivity index (χ0n) is 15.5. The van der Waals surface area contributed by atoms with Gasteiger partial charge in [0.15, 0.2) is 5.82 Å². The average Bonchev–Trinajstić information content (AvgIpc) is 3.02. The summed E-state index contributed by atoms with van der Waals surface area (Å²) in [6.07, 6.45) is 5.96. The molecule has 27 heavy (non-hydrogen) atoms. The van der Waals surface area contributed by atoms with Gasteiger partial charge in [0.05, 0.1) is 22.9 Å². The highest BCUT2D eigenvalue weighted by Gasteiger charge is 2.14. The number of carbonyl (C=O) groups is 1. The maximum Gasteiger partial charge on any atom is 0.300 e. The van der Waals surface area contributed by atoms with Crippen LogP contribution in [0.2, 0.25) is 0 Å². The second-order valence-electron chi connectivity index (χ2n) is 7.34. The van der Waals surface area contributed by atoms with Crippen LogP contribution < -0.4 is 5.32 Å². The first-order valence-corrected chi connectivity index (χ1v) is 8.55. The lowest BCUT2D eigenvalue weighted by atomic mass is 9.91. The van der Waals surface area contributed by atoms with Crippen molar-refractivity contribution in [2.24, 2.45) is 5.41 Å². The molecule has 0 aliphatic carbocycles. The normalized spacial score (nSPS) is 11.1. The third kappa shape index (κ3) is 4.68. The minimum absolute atomic E-state index is 0.108. The number of fused-ring (bicyclic) bond motifs is 1. The Bertz CT molecular complexity index is 1040. The maximum absolute atomic E-state index is 11.7. The predicted molar refractivity (Wildman–Crippen MR) is 103 cm³/mol. The first-order chi connectivity index (χ1) is 12.9. The highest BCUT2D eigenvalue weighted by atomic mass is 16.2. The van der Waals surface area contributed by atoms with Crippen LogP contribution in [0.4, 0.5) is 5.69 Å². The summed E-state index contributed by atoms with van der Waals surface area (Å²) in [6, 6.07) is 5.37. The van der Waals surface area contributed by atoms with Gasteiger partial charge in [-0.15, -0.1) is 0 Å². The van der Waals surface area contributed by atoms with Crippen molar-refractivity contribution in [3.63, 3.8) is 0 Å². The van der Waals surface area contributed by atoms with Gasteiger partial charge in [0.2, 0.25) is 0 Å². The molecule has 0 fully saturated rings. The number of imidazole rings is 1. The van der Waals surface area contributed by atoms with Crippen LogP contribution in [0.15, 0.2) is 36.9 Å². The molecule has 3 rings (SSSR count). The third-order valence-electron chi connectivity index (χ3n) is 3.72. The molecule has 2 N–H and O–H groups in total. The van der Waals surface area contributed by atoms with Crippen molar-refractivity contribution in [2.45, 2.75) is 27.2 Å². The molecule has 0 spiro atoms. The summed E-state index contributed by atoms with van der Waals surface area (Å²) in [4.78, 5) is 25.1. The molecule has 0 radical (unpaired) electrons. The van der Waals surface area contributed by atoms with E-state index < -0.39 is 5.91 Å². The van der Waals surface area contributed by atoms with Gasteiger partial charge < -0.3 is 10.4 Å². The number of anilines is 1. The summed E-state index contributed by atoms with van der Waals surface area (Å²) < 4.78 is 1.84. The van der Waals surface area contributed by atoms with Crippen molar-refractivity contribution < 1.29 is 9.90 Å². The van der Waals surface area contributed by atoms with Crippen molar-refractivity contribution in [3.8, 4) is 17.7 Å². The van der Waals surface area contributed by atoms with E-state index in [1.165, 1.54) is 0 Å². The van der Waals surface area contributed by atoms with Gasteiger partial charge in [-0.25, -0.2) is 9.97 Å². The number of aromatic nitrogens is 4. The zero-order chi connectivity index (χ0) is 19.4. The van der Waals surface area contributed by atoms with Gasteiger partial charge in [0, 0.05) is 11.9 Å². The zero-order valence-corrected chi connectivity index (χ0v) is 15.5. The number of hydrogen-bond acceptors (Lipinski definition) is 5. The van der Waals surface area contributed by atoms with E-state index in [1.807, 2.05) is 10.6 Å². The molecule has 0 bridgehead atoms. The second-order valence-corrected chi connectivity index (χ2v) is 7.34. The standard InChI is InChI=1S/C20H21N5O2/c1-20(2,3)10-15-11-21-12-18(23-15)25-13-22-16-7-6-14(9-17(16)25)24-19(27)5-4-8-26/h6-7,9,11-13,26H,8,10H2,1-3H3,(H,24,27). The maximum atomic E-state index is 11.7. The van der Waals surface area contributed by atoms with Crippen LogP contribution in [-0.2, 0) is 11.2 Å². The molecule has 3 aromatic rings. The molecule has 1 aromatic carbocycles. The van der Waals surface area contributed by atoms with E-state index in [9.17, 15) is 4.79 Å². The van der Waals surface area contributed by atoms with Crippen LogP contribution in [0, 0.1) is 17.3 Å². The Morgan fingerprint density at radius 2 is 2.11 bits per heavy atom. The molecule has 2 aromatic heterocycles. The number of hydrogen-bond donors (Lipinski definition) is 2. The third-order valence-corrected chi connectivity index (χ3v) is 3.72. The monoisotopic (exact) mass is 363 g/mol. The number of amides is 1. The molecule has 0 aliphatic rings. The van der Waals surface area contributed by atoms with E-state index in [2.05, 4.69) is 47.9 Å². The molecule has 138 valence electrons. The number of carbonyl (C=O) groups excluding carboxylic acids is 1. The van der Waals surface area contributed by atoms with Crippen molar-refractivity contribution in [1.82, 2.24) is 19.5 Å². The molecule has 2 heterocycles. The second kappa shape index (κ2) is 7.56. The summed E-state index contributed by atoms with van der Waals surface area (Å²) in [6.45, 7) is 6.11. The Balaban J connectivity index is 1.95. The van der Waals surface area contributed by atoms with Crippen LogP contribution in [0.25, 0.3) is 16.9 Å². The number of nitrogens with one attached hydrogen (secondary N) is 1. The Labute approximate surface area is 157 Å². The number of aliphatic hydroxyl groups excluding tert-OH is 1. The first kappa shape index (κ1) is 18.5. The number of nitrogens with zero attached hydrogens (tertiary/aromatic N) is 4. The average molecular weight is 363 g/mol. The molecule has 0 unspecified atom stereocenters. The molecule has 0 aliphatic heterocycles. The van der Waals surface area contributed by atoms with E-state index in [4.69, 9.17) is 10.1 Å². The van der Waals surface area contributed by atoms with Crippen molar-refractivity contribution >= 4 is 22.6 Å². The first-order valence-electron chi connectivity index (χ1n) is 8.55. The Kier molecular flexibility index (Phi) is 5.19. The van der Waals surface area contributed by atoms with E-state index >= 15 is 0 Å². The van der Waals surface area contributed by atoms with E-state index in [1.54, 1.807) is 30.9 Å². The molecule has 0 saturated carbocycles. The molecule has 7 heteroatoms. The smallest absolute Gasteiger partial charge is 0.300 e. The summed E-state index contributed by atoms with van der Waals surface area (Å²) in [5.74, 6) is 4.81. The fourth-order valence-corrected chi connectivity index (χ4v) is 2.69. The molecule has 0 saturated heterocycles. The van der Waals surface area contributed by atoms with Gasteiger partial charge in [-0.3, -0.25) is 14.3 Å². The lowest BCUT2D eigenvalue weighted by Gasteiger charge is -2.17. The van der Waals surface area contributed by atoms with Crippen LogP contribution in [0.3, 0.4) is 0 Å². The van der Waals surface area contributed by atoms with Gasteiger partial charge in [0.25, 0.3) is 5.91 Å². The fourth-order valence-electron chi connectivity index (χ4n) is 2.69. The van der Waals surface area contributed by atoms with E-state index in [-0.39, 0.29) is 12.0 Å². The Morgan fingerprint density at radius 1 is 1.30 bits per heavy atom. The number of aliphatic hydroxyl groups is 1. The van der Waals surface area contributed by atoms with Crippen LogP contribution in [-0.4, -0.2) is 37.1 Å². The lowest BCUT2D eigenvalue weighted by molar-refractivity contribution is -0.111.